The second-order valence-corrected chi connectivity index (χ2v) is 20.6. The minimum absolute atomic E-state index is 0.593. The molecule has 28 heavy (non-hydrogen) atoms. The number of fused-ring (bicyclic) bond motifs is 3. The van der Waals surface area contributed by atoms with Crippen LogP contribution in [0.3, 0.4) is 0 Å². The van der Waals surface area contributed by atoms with Gasteiger partial charge in [-0.2, -0.15) is 0 Å². The summed E-state index contributed by atoms with van der Waals surface area (Å²) >= 11 is 7.38. The minimum Gasteiger partial charge on any atom is -0.405 e. The van der Waals surface area contributed by atoms with E-state index < -0.39 is 27.8 Å². The summed E-state index contributed by atoms with van der Waals surface area (Å²) in [7, 11) is -3.79. The molecule has 0 bridgehead atoms. The maximum Gasteiger partial charge on any atom is 0.185 e. The number of benzene rings is 2. The number of rotatable bonds is 4. The SMILES string of the molecule is C[C@]1(O[Si](C)(C)C)c2cc(Br)ccc2-c2ccc(Br)cc2[C@]1(C)O[Si](C)(C)C. The molecule has 1 aliphatic rings. The van der Waals surface area contributed by atoms with E-state index in [-0.39, 0.29) is 0 Å². The van der Waals surface area contributed by atoms with Gasteiger partial charge in [-0.15, -0.1) is 0 Å². The van der Waals surface area contributed by atoms with Crippen molar-refractivity contribution in [2.24, 2.45) is 0 Å². The summed E-state index contributed by atoms with van der Waals surface area (Å²) in [6.45, 7) is 18.0. The topological polar surface area (TPSA) is 18.5 Å². The quantitative estimate of drug-likeness (QED) is 0.364. The van der Waals surface area contributed by atoms with Gasteiger partial charge in [0.1, 0.15) is 11.2 Å². The first kappa shape index (κ1) is 22.4. The van der Waals surface area contributed by atoms with Gasteiger partial charge in [0.25, 0.3) is 0 Å². The molecule has 0 unspecified atom stereocenters. The van der Waals surface area contributed by atoms with Gasteiger partial charge in [-0.1, -0.05) is 44.0 Å². The van der Waals surface area contributed by atoms with Crippen LogP contribution >= 0.6 is 31.9 Å². The maximum absolute atomic E-state index is 7.01. The van der Waals surface area contributed by atoms with E-state index in [0.29, 0.717) is 0 Å². The van der Waals surface area contributed by atoms with Gasteiger partial charge in [-0.25, -0.2) is 0 Å². The van der Waals surface area contributed by atoms with Crippen molar-refractivity contribution in [3.05, 3.63) is 56.5 Å². The Labute approximate surface area is 188 Å². The molecule has 2 nitrogen and oxygen atoms in total. The zero-order valence-corrected chi connectivity index (χ0v) is 23.2. The number of hydrogen-bond acceptors (Lipinski definition) is 2. The van der Waals surface area contributed by atoms with Crippen LogP contribution in [0.5, 0.6) is 0 Å². The number of hydrogen-bond donors (Lipinski definition) is 0. The van der Waals surface area contributed by atoms with E-state index in [1.54, 1.807) is 0 Å². The van der Waals surface area contributed by atoms with Gasteiger partial charge in [0.05, 0.1) is 0 Å². The Bertz CT molecular complexity index is 842. The summed E-state index contributed by atoms with van der Waals surface area (Å²) in [6, 6.07) is 13.1. The fourth-order valence-corrected chi connectivity index (χ4v) is 8.12. The fourth-order valence-electron chi connectivity index (χ4n) is 4.34. The van der Waals surface area contributed by atoms with E-state index >= 15 is 0 Å². The van der Waals surface area contributed by atoms with Gasteiger partial charge < -0.3 is 8.85 Å². The van der Waals surface area contributed by atoms with E-state index in [4.69, 9.17) is 8.85 Å². The van der Waals surface area contributed by atoms with Crippen molar-refractivity contribution in [1.82, 2.24) is 0 Å². The van der Waals surface area contributed by atoms with E-state index in [2.05, 4.69) is 121 Å². The molecule has 152 valence electrons. The largest absolute Gasteiger partial charge is 0.405 e. The molecule has 0 fully saturated rings. The average molecular weight is 542 g/mol. The molecule has 2 aromatic carbocycles. The normalized spacial score (nSPS) is 24.6. The third kappa shape index (κ3) is 4.01. The molecule has 0 saturated carbocycles. The Kier molecular flexibility index (Phi) is 5.74. The van der Waals surface area contributed by atoms with E-state index in [1.807, 2.05) is 0 Å². The average Bonchev–Trinajstić information content (AvgIpc) is 2.50. The Morgan fingerprint density at radius 1 is 0.643 bits per heavy atom. The molecule has 2 aromatic rings. The Morgan fingerprint density at radius 2 is 0.964 bits per heavy atom. The van der Waals surface area contributed by atoms with E-state index in [1.165, 1.54) is 22.3 Å². The predicted octanol–water partition coefficient (Wildman–Crippen LogP) is 8.03. The van der Waals surface area contributed by atoms with Crippen LogP contribution in [0.4, 0.5) is 0 Å². The second-order valence-electron chi connectivity index (χ2n) is 9.88. The monoisotopic (exact) mass is 540 g/mol. The molecular formula is C22H30Br2O2Si2. The first-order valence-electron chi connectivity index (χ1n) is 9.67. The van der Waals surface area contributed by atoms with Crippen molar-refractivity contribution in [3.63, 3.8) is 0 Å². The van der Waals surface area contributed by atoms with Gasteiger partial charge in [0, 0.05) is 8.95 Å². The lowest BCUT2D eigenvalue weighted by molar-refractivity contribution is -0.120. The Hall–Kier alpha value is -0.246. The van der Waals surface area contributed by atoms with Gasteiger partial charge >= 0.3 is 0 Å². The smallest absolute Gasteiger partial charge is 0.185 e. The molecule has 0 aliphatic heterocycles. The summed E-state index contributed by atoms with van der Waals surface area (Å²) in [4.78, 5) is 0. The summed E-state index contributed by atoms with van der Waals surface area (Å²) in [5.74, 6) is 0. The summed E-state index contributed by atoms with van der Waals surface area (Å²) in [6.07, 6.45) is 0. The Morgan fingerprint density at radius 3 is 1.25 bits per heavy atom. The van der Waals surface area contributed by atoms with E-state index in [0.717, 1.165) is 8.95 Å². The lowest BCUT2D eigenvalue weighted by Gasteiger charge is -2.55. The molecule has 3 rings (SSSR count). The molecule has 0 amide bonds. The van der Waals surface area contributed by atoms with Crippen molar-refractivity contribution < 1.29 is 8.85 Å². The van der Waals surface area contributed by atoms with E-state index in [9.17, 15) is 0 Å². The standard InChI is InChI=1S/C22H30Br2O2Si2/c1-21(25-27(3,4)5)19-13-15(23)9-11-17(19)18-12-10-16(24)14-20(18)22(21,2)26-28(6,7)8/h9-14H,1-8H3/t21-,22-/m0/s1. The minimum atomic E-state index is -1.89. The number of halogens is 2. The van der Waals surface area contributed by atoms with Gasteiger partial charge in [-0.3, -0.25) is 0 Å². The lowest BCUT2D eigenvalue weighted by Crippen LogP contribution is -2.58. The zero-order chi connectivity index (χ0) is 21.1. The maximum atomic E-state index is 7.01. The molecule has 0 heterocycles. The molecule has 0 radical (unpaired) electrons. The van der Waals surface area contributed by atoms with Crippen LogP contribution in [-0.4, -0.2) is 16.6 Å². The molecule has 0 saturated heterocycles. The molecule has 2 atom stereocenters. The van der Waals surface area contributed by atoms with Crippen LogP contribution in [0.1, 0.15) is 25.0 Å². The van der Waals surface area contributed by atoms with Crippen molar-refractivity contribution in [2.45, 2.75) is 64.3 Å². The van der Waals surface area contributed by atoms with Crippen LogP contribution in [0.15, 0.2) is 45.3 Å². The van der Waals surface area contributed by atoms with Crippen LogP contribution in [0.2, 0.25) is 39.3 Å². The highest BCUT2D eigenvalue weighted by molar-refractivity contribution is 9.10. The van der Waals surface area contributed by atoms with Crippen molar-refractivity contribution in [1.29, 1.82) is 0 Å². The molecular weight excluding hydrogens is 512 g/mol. The fraction of sp³-hybridized carbons (Fsp3) is 0.455. The highest BCUT2D eigenvalue weighted by Gasteiger charge is 2.56. The van der Waals surface area contributed by atoms with Crippen molar-refractivity contribution in [3.8, 4) is 11.1 Å². The Balaban J connectivity index is 2.42. The summed E-state index contributed by atoms with van der Waals surface area (Å²) in [5, 5.41) is 0. The predicted molar refractivity (Wildman–Crippen MR) is 131 cm³/mol. The first-order chi connectivity index (χ1) is 12.7. The molecule has 1 aliphatic carbocycles. The van der Waals surface area contributed by atoms with Gasteiger partial charge in [-0.05, 0) is 99.6 Å². The summed E-state index contributed by atoms with van der Waals surface area (Å²) in [5.41, 5.74) is 3.65. The van der Waals surface area contributed by atoms with Crippen LogP contribution in [0, 0.1) is 0 Å². The molecule has 6 heteroatoms. The van der Waals surface area contributed by atoms with Crippen LogP contribution in [0.25, 0.3) is 11.1 Å². The summed E-state index contributed by atoms with van der Waals surface area (Å²) < 4.78 is 16.1. The highest BCUT2D eigenvalue weighted by atomic mass is 79.9. The van der Waals surface area contributed by atoms with Crippen molar-refractivity contribution in [2.75, 3.05) is 0 Å². The van der Waals surface area contributed by atoms with Crippen LogP contribution in [-0.2, 0) is 20.1 Å². The molecule has 0 aromatic heterocycles. The highest BCUT2D eigenvalue weighted by Crippen LogP contribution is 2.57. The molecule has 0 spiro atoms. The zero-order valence-electron chi connectivity index (χ0n) is 18.0. The lowest BCUT2D eigenvalue weighted by atomic mass is 9.67. The van der Waals surface area contributed by atoms with Crippen molar-refractivity contribution >= 4 is 48.5 Å². The van der Waals surface area contributed by atoms with Gasteiger partial charge in [0.2, 0.25) is 0 Å². The van der Waals surface area contributed by atoms with Crippen LogP contribution < -0.4 is 0 Å². The third-order valence-corrected chi connectivity index (χ3v) is 8.24. The first-order valence-corrected chi connectivity index (χ1v) is 18.1. The third-order valence-electron chi connectivity index (χ3n) is 5.21. The molecule has 0 N–H and O–H groups in total. The van der Waals surface area contributed by atoms with Gasteiger partial charge in [0.15, 0.2) is 16.6 Å². The second kappa shape index (κ2) is 7.17.